The summed E-state index contributed by atoms with van der Waals surface area (Å²) in [4.78, 5) is 32.3. The van der Waals surface area contributed by atoms with E-state index in [1.165, 1.54) is 25.6 Å². The second-order valence-corrected chi connectivity index (χ2v) is 6.26. The molecule has 0 spiro atoms. The number of rotatable bonds is 5. The van der Waals surface area contributed by atoms with Gasteiger partial charge in [-0.05, 0) is 42.8 Å². The monoisotopic (exact) mass is 396 g/mol. The lowest BCUT2D eigenvalue weighted by molar-refractivity contribution is 0.0600. The highest BCUT2D eigenvalue weighted by atomic mass is 35.5. The van der Waals surface area contributed by atoms with Crippen LogP contribution in [-0.4, -0.2) is 29.0 Å². The summed E-state index contributed by atoms with van der Waals surface area (Å²) in [5.74, 6) is -0.447. The van der Waals surface area contributed by atoms with Crippen LogP contribution in [-0.2, 0) is 4.74 Å². The first-order chi connectivity index (χ1) is 13.5. The fourth-order valence-electron chi connectivity index (χ4n) is 2.43. The number of amides is 1. The number of hydrogen-bond donors (Lipinski definition) is 2. The van der Waals surface area contributed by atoms with E-state index in [-0.39, 0.29) is 5.69 Å². The maximum atomic E-state index is 12.4. The van der Waals surface area contributed by atoms with Crippen LogP contribution in [0, 0.1) is 6.92 Å². The molecule has 0 aliphatic rings. The Morgan fingerprint density at radius 2 is 1.86 bits per heavy atom. The zero-order chi connectivity index (χ0) is 20.1. The second-order valence-electron chi connectivity index (χ2n) is 5.85. The molecule has 0 aliphatic carbocycles. The van der Waals surface area contributed by atoms with Gasteiger partial charge in [-0.3, -0.25) is 4.79 Å². The molecule has 0 fully saturated rings. The third-order valence-corrected chi connectivity index (χ3v) is 4.37. The summed E-state index contributed by atoms with van der Waals surface area (Å²) in [6.45, 7) is 1.89. The Hall–Kier alpha value is -3.45. The Balaban J connectivity index is 1.70. The molecule has 7 nitrogen and oxygen atoms in total. The van der Waals surface area contributed by atoms with Crippen LogP contribution in [0.15, 0.2) is 54.9 Å². The minimum atomic E-state index is -0.484. The van der Waals surface area contributed by atoms with Gasteiger partial charge in [-0.25, -0.2) is 14.8 Å². The maximum absolute atomic E-state index is 12.4. The van der Waals surface area contributed by atoms with E-state index >= 15 is 0 Å². The van der Waals surface area contributed by atoms with Crippen LogP contribution in [0.25, 0.3) is 0 Å². The molecule has 0 aliphatic heterocycles. The minimum absolute atomic E-state index is 0.136. The molecule has 0 unspecified atom stereocenters. The van der Waals surface area contributed by atoms with Crippen LogP contribution in [0.3, 0.4) is 0 Å². The molecule has 2 aromatic carbocycles. The number of nitrogens with one attached hydrogen (secondary N) is 2. The normalized spacial score (nSPS) is 10.2. The summed E-state index contributed by atoms with van der Waals surface area (Å²) in [7, 11) is 1.30. The van der Waals surface area contributed by atoms with Crippen LogP contribution in [0.4, 0.5) is 17.2 Å². The van der Waals surface area contributed by atoms with Gasteiger partial charge in [0.05, 0.1) is 25.1 Å². The molecule has 0 saturated carbocycles. The van der Waals surface area contributed by atoms with Gasteiger partial charge in [-0.2, -0.15) is 0 Å². The van der Waals surface area contributed by atoms with Crippen LogP contribution < -0.4 is 10.6 Å². The van der Waals surface area contributed by atoms with E-state index in [4.69, 9.17) is 11.6 Å². The van der Waals surface area contributed by atoms with Crippen molar-refractivity contribution >= 4 is 40.7 Å². The summed E-state index contributed by atoms with van der Waals surface area (Å²) in [5, 5.41) is 6.43. The minimum Gasteiger partial charge on any atom is -0.465 e. The van der Waals surface area contributed by atoms with Crippen LogP contribution >= 0.6 is 11.6 Å². The van der Waals surface area contributed by atoms with Crippen molar-refractivity contribution in [2.45, 2.75) is 6.92 Å². The first-order valence-corrected chi connectivity index (χ1v) is 8.69. The van der Waals surface area contributed by atoms with Crippen LogP contribution in [0.5, 0.6) is 0 Å². The van der Waals surface area contributed by atoms with E-state index in [1.54, 1.807) is 24.3 Å². The Morgan fingerprint density at radius 1 is 1.07 bits per heavy atom. The van der Waals surface area contributed by atoms with Gasteiger partial charge in [0.25, 0.3) is 5.91 Å². The molecular weight excluding hydrogens is 380 g/mol. The first-order valence-electron chi connectivity index (χ1n) is 8.32. The predicted octanol–water partition coefficient (Wildman–Crippen LogP) is 4.22. The molecule has 0 bridgehead atoms. The standard InChI is InChI=1S/C20H17ClN4O3/c1-12-15(21)7-4-8-16(12)25-18-11-22-17(10-23-18)19(26)24-14-6-3-5-13(9-14)20(27)28-2/h3-11H,1-2H3,(H,23,25)(H,24,26). The molecule has 0 atom stereocenters. The molecule has 8 heteroatoms. The third kappa shape index (κ3) is 4.44. The highest BCUT2D eigenvalue weighted by molar-refractivity contribution is 6.31. The summed E-state index contributed by atoms with van der Waals surface area (Å²) in [6, 6.07) is 11.9. The molecule has 1 amide bonds. The zero-order valence-corrected chi connectivity index (χ0v) is 15.9. The van der Waals surface area contributed by atoms with Crippen molar-refractivity contribution in [1.82, 2.24) is 9.97 Å². The lowest BCUT2D eigenvalue weighted by Crippen LogP contribution is -2.14. The number of esters is 1. The maximum Gasteiger partial charge on any atom is 0.337 e. The molecule has 3 rings (SSSR count). The molecule has 28 heavy (non-hydrogen) atoms. The first kappa shape index (κ1) is 19.3. The zero-order valence-electron chi connectivity index (χ0n) is 15.2. The number of ether oxygens (including phenoxy) is 1. The molecule has 2 N–H and O–H groups in total. The van der Waals surface area contributed by atoms with Crippen molar-refractivity contribution in [3.8, 4) is 0 Å². The molecule has 0 radical (unpaired) electrons. The van der Waals surface area contributed by atoms with E-state index in [0.29, 0.717) is 22.1 Å². The predicted molar refractivity (Wildman–Crippen MR) is 107 cm³/mol. The summed E-state index contributed by atoms with van der Waals surface area (Å²) in [6.07, 6.45) is 2.82. The van der Waals surface area contributed by atoms with E-state index < -0.39 is 11.9 Å². The van der Waals surface area contributed by atoms with Gasteiger partial charge in [-0.15, -0.1) is 0 Å². The highest BCUT2D eigenvalue weighted by Crippen LogP contribution is 2.25. The Kier molecular flexibility index (Phi) is 5.86. The SMILES string of the molecule is COC(=O)c1cccc(NC(=O)c2cnc(Nc3cccc(Cl)c3C)cn2)c1. The number of carbonyl (C=O) groups is 2. The summed E-state index contributed by atoms with van der Waals surface area (Å²) < 4.78 is 4.67. The van der Waals surface area contributed by atoms with Crippen molar-refractivity contribution in [1.29, 1.82) is 0 Å². The van der Waals surface area contributed by atoms with E-state index in [1.807, 2.05) is 19.1 Å². The Bertz CT molecular complexity index is 1020. The fourth-order valence-corrected chi connectivity index (χ4v) is 2.60. The van der Waals surface area contributed by atoms with Crippen molar-refractivity contribution in [2.75, 3.05) is 17.7 Å². The molecule has 3 aromatic rings. The summed E-state index contributed by atoms with van der Waals surface area (Å²) in [5.41, 5.74) is 2.61. The number of methoxy groups -OCH3 is 1. The number of carbonyl (C=O) groups excluding carboxylic acids is 2. The smallest absolute Gasteiger partial charge is 0.337 e. The highest BCUT2D eigenvalue weighted by Gasteiger charge is 2.11. The molecule has 0 saturated heterocycles. The van der Waals surface area contributed by atoms with Crippen molar-refractivity contribution < 1.29 is 14.3 Å². The largest absolute Gasteiger partial charge is 0.465 e. The number of benzene rings is 2. The average Bonchev–Trinajstić information content (AvgIpc) is 2.71. The lowest BCUT2D eigenvalue weighted by Gasteiger charge is -2.10. The van der Waals surface area contributed by atoms with Gasteiger partial charge in [0.15, 0.2) is 0 Å². The molecule has 1 aromatic heterocycles. The van der Waals surface area contributed by atoms with E-state index in [2.05, 4.69) is 25.3 Å². The lowest BCUT2D eigenvalue weighted by atomic mass is 10.2. The van der Waals surface area contributed by atoms with Crippen molar-refractivity contribution in [3.05, 3.63) is 76.7 Å². The van der Waals surface area contributed by atoms with Crippen LogP contribution in [0.1, 0.15) is 26.4 Å². The molecule has 1 heterocycles. The quantitative estimate of drug-likeness (QED) is 0.627. The Morgan fingerprint density at radius 3 is 2.57 bits per heavy atom. The van der Waals surface area contributed by atoms with Gasteiger partial charge in [0, 0.05) is 16.4 Å². The number of aromatic nitrogens is 2. The van der Waals surface area contributed by atoms with Gasteiger partial charge in [0.1, 0.15) is 11.5 Å². The number of halogens is 1. The van der Waals surface area contributed by atoms with Crippen LogP contribution in [0.2, 0.25) is 5.02 Å². The van der Waals surface area contributed by atoms with Gasteiger partial charge < -0.3 is 15.4 Å². The van der Waals surface area contributed by atoms with Crippen molar-refractivity contribution in [2.24, 2.45) is 0 Å². The van der Waals surface area contributed by atoms with E-state index in [9.17, 15) is 9.59 Å². The molecular formula is C20H17ClN4O3. The molecule has 142 valence electrons. The summed E-state index contributed by atoms with van der Waals surface area (Å²) >= 11 is 6.11. The van der Waals surface area contributed by atoms with E-state index in [0.717, 1.165) is 11.3 Å². The van der Waals surface area contributed by atoms with Gasteiger partial charge in [0.2, 0.25) is 0 Å². The number of hydrogen-bond acceptors (Lipinski definition) is 6. The number of anilines is 3. The average molecular weight is 397 g/mol. The Labute approximate surface area is 166 Å². The van der Waals surface area contributed by atoms with Crippen molar-refractivity contribution in [3.63, 3.8) is 0 Å². The topological polar surface area (TPSA) is 93.2 Å². The fraction of sp³-hybridized carbons (Fsp3) is 0.100. The third-order valence-electron chi connectivity index (χ3n) is 3.96. The number of nitrogens with zero attached hydrogens (tertiary/aromatic N) is 2. The van der Waals surface area contributed by atoms with Gasteiger partial charge in [-0.1, -0.05) is 23.7 Å². The van der Waals surface area contributed by atoms with Gasteiger partial charge >= 0.3 is 5.97 Å². The second kappa shape index (κ2) is 8.49.